The fourth-order valence-corrected chi connectivity index (χ4v) is 2.94. The first-order valence-electron chi connectivity index (χ1n) is 7.46. The molecule has 0 spiro atoms. The normalized spacial score (nSPS) is 11.0. The maximum atomic E-state index is 11.5. The number of nitrogens with one attached hydrogen (secondary N) is 1. The van der Waals surface area contributed by atoms with Gasteiger partial charge in [-0.3, -0.25) is 5.10 Å². The van der Waals surface area contributed by atoms with Crippen LogP contribution in [0.4, 0.5) is 0 Å². The number of carboxylic acid groups (broad SMARTS) is 1. The Morgan fingerprint density at radius 2 is 1.88 bits per heavy atom. The zero-order chi connectivity index (χ0) is 16.7. The number of aromatic amines is 1. The van der Waals surface area contributed by atoms with E-state index in [1.54, 1.807) is 12.1 Å². The van der Waals surface area contributed by atoms with Crippen molar-refractivity contribution in [1.29, 1.82) is 0 Å². The highest BCUT2D eigenvalue weighted by molar-refractivity contribution is 6.02. The quantitative estimate of drug-likeness (QED) is 0.596. The van der Waals surface area contributed by atoms with E-state index in [1.165, 1.54) is 7.11 Å². The Kier molecular flexibility index (Phi) is 3.20. The second-order valence-corrected chi connectivity index (χ2v) is 5.54. The van der Waals surface area contributed by atoms with Crippen molar-refractivity contribution in [2.75, 3.05) is 7.11 Å². The van der Waals surface area contributed by atoms with E-state index in [0.29, 0.717) is 5.75 Å². The molecule has 2 N–H and O–H groups in total. The molecular weight excluding hydrogens is 304 g/mol. The molecule has 1 heterocycles. The summed E-state index contributed by atoms with van der Waals surface area (Å²) in [4.78, 5) is 11.5. The average molecular weight is 318 g/mol. The van der Waals surface area contributed by atoms with Gasteiger partial charge >= 0.3 is 5.97 Å². The van der Waals surface area contributed by atoms with Gasteiger partial charge in [-0.25, -0.2) is 4.79 Å². The van der Waals surface area contributed by atoms with E-state index >= 15 is 0 Å². The molecule has 5 nitrogen and oxygen atoms in total. The van der Waals surface area contributed by atoms with Crippen LogP contribution in [-0.2, 0) is 0 Å². The van der Waals surface area contributed by atoms with Crippen LogP contribution in [0.1, 0.15) is 10.4 Å². The maximum Gasteiger partial charge on any atom is 0.339 e. The van der Waals surface area contributed by atoms with E-state index in [1.807, 2.05) is 30.3 Å². The molecule has 1 aromatic heterocycles. The first kappa shape index (κ1) is 14.3. The van der Waals surface area contributed by atoms with Crippen molar-refractivity contribution in [3.8, 4) is 17.0 Å². The van der Waals surface area contributed by atoms with Crippen LogP contribution in [0.15, 0.2) is 54.6 Å². The third-order valence-electron chi connectivity index (χ3n) is 4.14. The van der Waals surface area contributed by atoms with Crippen LogP contribution in [0.3, 0.4) is 0 Å². The molecule has 3 aromatic carbocycles. The van der Waals surface area contributed by atoms with Gasteiger partial charge in [-0.2, -0.15) is 5.10 Å². The molecule has 0 saturated heterocycles. The highest BCUT2D eigenvalue weighted by Gasteiger charge is 2.16. The monoisotopic (exact) mass is 318 g/mol. The van der Waals surface area contributed by atoms with Gasteiger partial charge in [0, 0.05) is 17.0 Å². The van der Waals surface area contributed by atoms with E-state index in [4.69, 9.17) is 4.74 Å². The predicted molar refractivity (Wildman–Crippen MR) is 92.5 cm³/mol. The Bertz CT molecular complexity index is 1080. The SMILES string of the molecule is COc1cc2[nH]nc(-c3ccc4ccccc4c3)c2cc1C(=O)O. The number of fused-ring (bicyclic) bond motifs is 2. The number of H-pyrrole nitrogens is 1. The molecule has 0 bridgehead atoms. The summed E-state index contributed by atoms with van der Waals surface area (Å²) in [5.41, 5.74) is 2.51. The molecule has 5 heteroatoms. The number of rotatable bonds is 3. The molecule has 0 aliphatic heterocycles. The van der Waals surface area contributed by atoms with Crippen molar-refractivity contribution in [3.63, 3.8) is 0 Å². The molecule has 0 amide bonds. The van der Waals surface area contributed by atoms with Gasteiger partial charge in [0.2, 0.25) is 0 Å². The number of nitrogens with zero attached hydrogens (tertiary/aromatic N) is 1. The van der Waals surface area contributed by atoms with Gasteiger partial charge in [0.25, 0.3) is 0 Å². The lowest BCUT2D eigenvalue weighted by molar-refractivity contribution is 0.0693. The number of hydrogen-bond acceptors (Lipinski definition) is 3. The van der Waals surface area contributed by atoms with Gasteiger partial charge in [0.05, 0.1) is 18.3 Å². The number of aromatic carboxylic acids is 1. The van der Waals surface area contributed by atoms with Crippen molar-refractivity contribution in [2.24, 2.45) is 0 Å². The van der Waals surface area contributed by atoms with E-state index in [9.17, 15) is 9.90 Å². The lowest BCUT2D eigenvalue weighted by atomic mass is 10.0. The Morgan fingerprint density at radius 1 is 1.08 bits per heavy atom. The third kappa shape index (κ3) is 2.18. The van der Waals surface area contributed by atoms with Crippen molar-refractivity contribution < 1.29 is 14.6 Å². The molecule has 0 atom stereocenters. The number of ether oxygens (including phenoxy) is 1. The first-order chi connectivity index (χ1) is 11.7. The van der Waals surface area contributed by atoms with Crippen LogP contribution in [0, 0.1) is 0 Å². The number of carboxylic acids is 1. The Hall–Kier alpha value is -3.34. The fourth-order valence-electron chi connectivity index (χ4n) is 2.94. The van der Waals surface area contributed by atoms with E-state index < -0.39 is 5.97 Å². The zero-order valence-corrected chi connectivity index (χ0v) is 12.9. The topological polar surface area (TPSA) is 75.2 Å². The summed E-state index contributed by atoms with van der Waals surface area (Å²) in [7, 11) is 1.45. The van der Waals surface area contributed by atoms with Crippen LogP contribution in [0.25, 0.3) is 32.9 Å². The Balaban J connectivity index is 1.95. The molecule has 4 aromatic rings. The van der Waals surface area contributed by atoms with Gasteiger partial charge in [-0.1, -0.05) is 36.4 Å². The Morgan fingerprint density at radius 3 is 2.62 bits per heavy atom. The lowest BCUT2D eigenvalue weighted by Crippen LogP contribution is -2.00. The van der Waals surface area contributed by atoms with Crippen LogP contribution in [0.5, 0.6) is 5.75 Å². The molecule has 0 unspecified atom stereocenters. The molecule has 24 heavy (non-hydrogen) atoms. The summed E-state index contributed by atoms with van der Waals surface area (Å²) in [6.07, 6.45) is 0. The summed E-state index contributed by atoms with van der Waals surface area (Å²) in [6.45, 7) is 0. The molecule has 0 aliphatic rings. The fraction of sp³-hybridized carbons (Fsp3) is 0.0526. The highest BCUT2D eigenvalue weighted by atomic mass is 16.5. The second kappa shape index (κ2) is 5.38. The summed E-state index contributed by atoms with van der Waals surface area (Å²) >= 11 is 0. The van der Waals surface area contributed by atoms with Crippen LogP contribution in [-0.4, -0.2) is 28.4 Å². The highest BCUT2D eigenvalue weighted by Crippen LogP contribution is 2.32. The van der Waals surface area contributed by atoms with E-state index in [2.05, 4.69) is 22.3 Å². The lowest BCUT2D eigenvalue weighted by Gasteiger charge is -2.06. The first-order valence-corrected chi connectivity index (χ1v) is 7.46. The summed E-state index contributed by atoms with van der Waals surface area (Å²) in [5, 5.41) is 19.7. The maximum absolute atomic E-state index is 11.5. The van der Waals surface area contributed by atoms with Crippen LogP contribution < -0.4 is 4.74 Å². The third-order valence-corrected chi connectivity index (χ3v) is 4.14. The van der Waals surface area contributed by atoms with Crippen molar-refractivity contribution in [3.05, 3.63) is 60.2 Å². The minimum atomic E-state index is -1.03. The number of aromatic nitrogens is 2. The minimum absolute atomic E-state index is 0.119. The molecule has 0 aliphatic carbocycles. The van der Waals surface area contributed by atoms with Gasteiger partial charge < -0.3 is 9.84 Å². The largest absolute Gasteiger partial charge is 0.496 e. The van der Waals surface area contributed by atoms with Crippen LogP contribution >= 0.6 is 0 Å². The van der Waals surface area contributed by atoms with E-state index in [-0.39, 0.29) is 5.56 Å². The number of hydrogen-bond donors (Lipinski definition) is 2. The summed E-state index contributed by atoms with van der Waals surface area (Å²) < 4.78 is 5.16. The molecule has 4 rings (SSSR count). The second-order valence-electron chi connectivity index (χ2n) is 5.54. The Labute approximate surface area is 137 Å². The average Bonchev–Trinajstić information content (AvgIpc) is 3.03. The summed E-state index contributed by atoms with van der Waals surface area (Å²) in [6, 6.07) is 17.4. The van der Waals surface area contributed by atoms with Gasteiger partial charge in [-0.15, -0.1) is 0 Å². The van der Waals surface area contributed by atoms with Crippen molar-refractivity contribution in [2.45, 2.75) is 0 Å². The molecule has 0 fully saturated rings. The van der Waals surface area contributed by atoms with Gasteiger partial charge in [0.1, 0.15) is 11.3 Å². The van der Waals surface area contributed by atoms with Crippen LogP contribution in [0.2, 0.25) is 0 Å². The standard InChI is InChI=1S/C19H14N2O3/c1-24-17-10-16-14(9-15(17)19(22)23)18(21-20-16)13-7-6-11-4-2-3-5-12(11)8-13/h2-10H,1H3,(H,20,21)(H,22,23). The van der Waals surface area contributed by atoms with Gasteiger partial charge in [-0.05, 0) is 22.9 Å². The zero-order valence-electron chi connectivity index (χ0n) is 12.9. The number of benzene rings is 3. The minimum Gasteiger partial charge on any atom is -0.496 e. The van der Waals surface area contributed by atoms with Gasteiger partial charge in [0.15, 0.2) is 0 Å². The molecule has 0 radical (unpaired) electrons. The molecule has 118 valence electrons. The summed E-state index contributed by atoms with van der Waals surface area (Å²) in [5.74, 6) is -0.719. The molecular formula is C19H14N2O3. The molecule has 0 saturated carbocycles. The predicted octanol–water partition coefficient (Wildman–Crippen LogP) is 4.09. The number of carbonyl (C=O) groups is 1. The smallest absolute Gasteiger partial charge is 0.339 e. The number of methoxy groups -OCH3 is 1. The van der Waals surface area contributed by atoms with Crippen molar-refractivity contribution >= 4 is 27.6 Å². The van der Waals surface area contributed by atoms with Crippen molar-refractivity contribution in [1.82, 2.24) is 10.2 Å². The van der Waals surface area contributed by atoms with E-state index in [0.717, 1.165) is 32.9 Å².